The summed E-state index contributed by atoms with van der Waals surface area (Å²) < 4.78 is 0. The molecule has 2 rings (SSSR count). The molecule has 0 heterocycles. The number of rotatable bonds is 7. The van der Waals surface area contributed by atoms with Crippen LogP contribution < -0.4 is 5.32 Å². The first kappa shape index (κ1) is 13.6. The number of hydrogen-bond donors (Lipinski definition) is 2. The third-order valence-corrected chi connectivity index (χ3v) is 5.09. The van der Waals surface area contributed by atoms with E-state index in [1.807, 2.05) is 13.8 Å². The molecule has 3 heteroatoms. The summed E-state index contributed by atoms with van der Waals surface area (Å²) in [6, 6.07) is 0. The van der Waals surface area contributed by atoms with E-state index in [2.05, 4.69) is 17.5 Å². The molecule has 102 valence electrons. The lowest BCUT2D eigenvalue weighted by Gasteiger charge is -2.28. The Bertz CT molecular complexity index is 333. The van der Waals surface area contributed by atoms with Crippen molar-refractivity contribution in [2.24, 2.45) is 23.2 Å². The van der Waals surface area contributed by atoms with E-state index in [1.54, 1.807) is 0 Å². The Morgan fingerprint density at radius 3 is 2.50 bits per heavy atom. The van der Waals surface area contributed by atoms with Crippen LogP contribution in [0.1, 0.15) is 39.5 Å². The van der Waals surface area contributed by atoms with E-state index in [-0.39, 0.29) is 0 Å². The van der Waals surface area contributed by atoms with Gasteiger partial charge in [-0.2, -0.15) is 0 Å². The third-order valence-electron chi connectivity index (χ3n) is 5.09. The second kappa shape index (κ2) is 5.43. The Balaban J connectivity index is 1.80. The fourth-order valence-corrected chi connectivity index (χ4v) is 3.50. The maximum absolute atomic E-state index is 11.4. The molecule has 0 saturated heterocycles. The predicted molar refractivity (Wildman–Crippen MR) is 72.4 cm³/mol. The number of carbonyl (C=O) groups is 1. The van der Waals surface area contributed by atoms with Crippen LogP contribution in [0.5, 0.6) is 0 Å². The number of fused-ring (bicyclic) bond motifs is 2. The van der Waals surface area contributed by atoms with Crippen molar-refractivity contribution in [2.75, 3.05) is 13.1 Å². The largest absolute Gasteiger partial charge is 0.481 e. The highest BCUT2D eigenvalue weighted by atomic mass is 16.4. The minimum absolute atomic E-state index is 0.576. The molecule has 0 aromatic heterocycles. The summed E-state index contributed by atoms with van der Waals surface area (Å²) in [5.41, 5.74) is -0.576. The van der Waals surface area contributed by atoms with Crippen LogP contribution in [0.2, 0.25) is 0 Å². The number of hydrogen-bond acceptors (Lipinski definition) is 2. The highest BCUT2D eigenvalue weighted by Crippen LogP contribution is 2.43. The number of aliphatic carboxylic acids is 1. The first-order chi connectivity index (χ1) is 8.61. The van der Waals surface area contributed by atoms with E-state index in [9.17, 15) is 9.90 Å². The summed E-state index contributed by atoms with van der Waals surface area (Å²) in [5.74, 6) is 1.60. The summed E-state index contributed by atoms with van der Waals surface area (Å²) in [6.45, 7) is 5.52. The molecule has 1 fully saturated rings. The number of carboxylic acids is 1. The van der Waals surface area contributed by atoms with Gasteiger partial charge in [0.15, 0.2) is 0 Å². The van der Waals surface area contributed by atoms with Crippen LogP contribution in [0.15, 0.2) is 12.2 Å². The van der Waals surface area contributed by atoms with E-state index in [1.165, 1.54) is 12.8 Å². The van der Waals surface area contributed by atoms with Gasteiger partial charge >= 0.3 is 5.97 Å². The van der Waals surface area contributed by atoms with Gasteiger partial charge in [0.25, 0.3) is 0 Å². The molecular formula is C15H25NO2. The zero-order valence-corrected chi connectivity index (χ0v) is 11.5. The van der Waals surface area contributed by atoms with Gasteiger partial charge < -0.3 is 10.4 Å². The lowest BCUT2D eigenvalue weighted by atomic mass is 9.82. The Kier molecular flexibility index (Phi) is 4.10. The standard InChI is InChI=1S/C15H25NO2/c1-3-15(4-2,14(17)18)10-16-9-13-8-11-5-6-12(13)7-11/h5-6,11-13,16H,3-4,7-10H2,1-2H3,(H,17,18). The number of carboxylic acid groups (broad SMARTS) is 1. The maximum Gasteiger partial charge on any atom is 0.310 e. The van der Waals surface area contributed by atoms with Crippen LogP contribution >= 0.6 is 0 Å². The van der Waals surface area contributed by atoms with Crippen molar-refractivity contribution in [3.63, 3.8) is 0 Å². The van der Waals surface area contributed by atoms with Gasteiger partial charge in [0, 0.05) is 6.54 Å². The molecule has 0 radical (unpaired) electrons. The molecule has 2 aliphatic carbocycles. The smallest absolute Gasteiger partial charge is 0.310 e. The van der Waals surface area contributed by atoms with Gasteiger partial charge in [0.05, 0.1) is 5.41 Å². The molecule has 1 saturated carbocycles. The van der Waals surface area contributed by atoms with E-state index in [4.69, 9.17) is 0 Å². The fraction of sp³-hybridized carbons (Fsp3) is 0.800. The molecule has 2 N–H and O–H groups in total. The summed E-state index contributed by atoms with van der Waals surface area (Å²) in [6.07, 6.45) is 8.70. The van der Waals surface area contributed by atoms with Crippen LogP contribution in [0, 0.1) is 23.2 Å². The molecule has 2 bridgehead atoms. The van der Waals surface area contributed by atoms with Crippen LogP contribution in [0.3, 0.4) is 0 Å². The SMILES string of the molecule is CCC(CC)(CNCC1CC2C=CC1C2)C(=O)O. The lowest BCUT2D eigenvalue weighted by molar-refractivity contribution is -0.149. The second-order valence-electron chi connectivity index (χ2n) is 5.96. The quantitative estimate of drug-likeness (QED) is 0.684. The maximum atomic E-state index is 11.4. The van der Waals surface area contributed by atoms with Crippen LogP contribution in [0.4, 0.5) is 0 Å². The van der Waals surface area contributed by atoms with E-state index in [0.29, 0.717) is 19.4 Å². The average Bonchev–Trinajstić information content (AvgIpc) is 2.96. The Labute approximate surface area is 110 Å². The Hall–Kier alpha value is -0.830. The molecule has 3 nitrogen and oxygen atoms in total. The molecule has 3 unspecified atom stereocenters. The van der Waals surface area contributed by atoms with E-state index in [0.717, 1.165) is 24.3 Å². The predicted octanol–water partition coefficient (Wildman–Crippen LogP) is 2.68. The minimum Gasteiger partial charge on any atom is -0.481 e. The van der Waals surface area contributed by atoms with Gasteiger partial charge in [-0.05, 0) is 50.0 Å². The Morgan fingerprint density at radius 1 is 1.33 bits per heavy atom. The molecule has 0 amide bonds. The highest BCUT2D eigenvalue weighted by molar-refractivity contribution is 5.74. The third kappa shape index (κ3) is 2.46. The summed E-state index contributed by atoms with van der Waals surface area (Å²) in [4.78, 5) is 11.4. The molecule has 0 aromatic carbocycles. The second-order valence-corrected chi connectivity index (χ2v) is 5.96. The average molecular weight is 251 g/mol. The first-order valence-electron chi connectivity index (χ1n) is 7.23. The zero-order chi connectivity index (χ0) is 13.2. The van der Waals surface area contributed by atoms with E-state index >= 15 is 0 Å². The molecule has 0 aliphatic heterocycles. The van der Waals surface area contributed by atoms with Gasteiger partial charge in [0.2, 0.25) is 0 Å². The molecule has 0 spiro atoms. The normalized spacial score (nSPS) is 30.0. The van der Waals surface area contributed by atoms with Crippen molar-refractivity contribution in [3.8, 4) is 0 Å². The van der Waals surface area contributed by atoms with E-state index < -0.39 is 11.4 Å². The topological polar surface area (TPSA) is 49.3 Å². The van der Waals surface area contributed by atoms with Crippen LogP contribution in [-0.2, 0) is 4.79 Å². The summed E-state index contributed by atoms with van der Waals surface area (Å²) in [5, 5.41) is 12.8. The minimum atomic E-state index is -0.659. The number of nitrogens with one attached hydrogen (secondary N) is 1. The van der Waals surface area contributed by atoms with Gasteiger partial charge in [-0.1, -0.05) is 26.0 Å². The Morgan fingerprint density at radius 2 is 2.06 bits per heavy atom. The zero-order valence-electron chi connectivity index (χ0n) is 11.5. The van der Waals surface area contributed by atoms with Gasteiger partial charge in [-0.15, -0.1) is 0 Å². The van der Waals surface area contributed by atoms with Crippen molar-refractivity contribution in [3.05, 3.63) is 12.2 Å². The molecule has 18 heavy (non-hydrogen) atoms. The monoisotopic (exact) mass is 251 g/mol. The van der Waals surface area contributed by atoms with Gasteiger partial charge in [-0.3, -0.25) is 4.79 Å². The molecule has 0 aromatic rings. The van der Waals surface area contributed by atoms with Crippen LogP contribution in [0.25, 0.3) is 0 Å². The molecule has 2 aliphatic rings. The summed E-state index contributed by atoms with van der Waals surface area (Å²) in [7, 11) is 0. The van der Waals surface area contributed by atoms with Crippen molar-refractivity contribution < 1.29 is 9.90 Å². The van der Waals surface area contributed by atoms with Gasteiger partial charge in [-0.25, -0.2) is 0 Å². The first-order valence-corrected chi connectivity index (χ1v) is 7.23. The summed E-state index contributed by atoms with van der Waals surface area (Å²) >= 11 is 0. The van der Waals surface area contributed by atoms with Crippen LogP contribution in [-0.4, -0.2) is 24.2 Å². The number of allylic oxidation sites excluding steroid dienone is 2. The van der Waals surface area contributed by atoms with Crippen molar-refractivity contribution in [1.82, 2.24) is 5.32 Å². The van der Waals surface area contributed by atoms with Gasteiger partial charge in [0.1, 0.15) is 0 Å². The lowest BCUT2D eigenvalue weighted by Crippen LogP contribution is -2.42. The fourth-order valence-electron chi connectivity index (χ4n) is 3.50. The molecular weight excluding hydrogens is 226 g/mol. The highest BCUT2D eigenvalue weighted by Gasteiger charge is 2.37. The van der Waals surface area contributed by atoms with Crippen molar-refractivity contribution in [2.45, 2.75) is 39.5 Å². The van der Waals surface area contributed by atoms with Crippen molar-refractivity contribution in [1.29, 1.82) is 0 Å². The molecule has 3 atom stereocenters. The van der Waals surface area contributed by atoms with Crippen molar-refractivity contribution >= 4 is 5.97 Å².